The topological polar surface area (TPSA) is 26.3 Å². The number of hydrogen-bond acceptors (Lipinski definition) is 2. The van der Waals surface area contributed by atoms with Crippen LogP contribution in [0.3, 0.4) is 0 Å². The molecule has 2 nitrogen and oxygen atoms in total. The van der Waals surface area contributed by atoms with Crippen LogP contribution in [0.2, 0.25) is 0 Å². The lowest BCUT2D eigenvalue weighted by molar-refractivity contribution is -0.139. The summed E-state index contributed by atoms with van der Waals surface area (Å²) >= 11 is 0. The number of ether oxygens (including phenoxy) is 1. The minimum absolute atomic E-state index is 0.108. The molecular weight excluding hydrogens is 128 g/mol. The maximum absolute atomic E-state index is 10.7. The molecule has 0 saturated heterocycles. The van der Waals surface area contributed by atoms with Crippen molar-refractivity contribution >= 4 is 5.97 Å². The third-order valence-corrected chi connectivity index (χ3v) is 0.826. The Bertz CT molecular complexity index is 136. The van der Waals surface area contributed by atoms with Crippen LogP contribution in [0.15, 0.2) is 12.2 Å². The molecule has 0 aliphatic heterocycles. The molecule has 0 fully saturated rings. The van der Waals surface area contributed by atoms with Gasteiger partial charge in [-0.2, -0.15) is 0 Å². The van der Waals surface area contributed by atoms with E-state index in [0.717, 1.165) is 0 Å². The van der Waals surface area contributed by atoms with Gasteiger partial charge in [0.2, 0.25) is 0 Å². The highest BCUT2D eigenvalue weighted by atomic mass is 16.5. The first-order valence-electron chi connectivity index (χ1n) is 3.12. The first-order valence-corrected chi connectivity index (χ1v) is 3.12. The van der Waals surface area contributed by atoms with Gasteiger partial charge >= 0.3 is 5.97 Å². The predicted molar refractivity (Wildman–Crippen MR) is 39.2 cm³/mol. The Labute approximate surface area is 61.9 Å². The maximum Gasteiger partial charge on any atom is 0.333 e. The lowest BCUT2D eigenvalue weighted by Crippen LogP contribution is -2.09. The van der Waals surface area contributed by atoms with Crippen LogP contribution in [0.25, 0.3) is 0 Å². The zero-order valence-corrected chi connectivity index (χ0v) is 6.39. The second-order valence-electron chi connectivity index (χ2n) is 2.36. The van der Waals surface area contributed by atoms with Crippen LogP contribution < -0.4 is 0 Å². The quantitative estimate of drug-likeness (QED) is 0.438. The van der Waals surface area contributed by atoms with Gasteiger partial charge in [-0.05, 0) is 19.8 Å². The molecule has 0 rings (SSSR count). The summed E-state index contributed by atoms with van der Waals surface area (Å²) in [5.41, 5.74) is 0.403. The van der Waals surface area contributed by atoms with E-state index in [9.17, 15) is 4.79 Å². The normalized spacial score (nSPS) is 9.60. The third kappa shape index (κ3) is 4.13. The number of hydrogen-bond donors (Lipinski definition) is 0. The van der Waals surface area contributed by atoms with Crippen molar-refractivity contribution in [3.63, 3.8) is 0 Å². The highest BCUT2D eigenvalue weighted by Crippen LogP contribution is 1.96. The molecule has 0 aliphatic rings. The molecule has 0 spiro atoms. The van der Waals surface area contributed by atoms with E-state index in [1.54, 1.807) is 13.8 Å². The highest BCUT2D eigenvalue weighted by Gasteiger charge is 2.03. The predicted octanol–water partition coefficient (Wildman–Crippen LogP) is 1.45. The van der Waals surface area contributed by atoms with Gasteiger partial charge in [-0.15, -0.1) is 0 Å². The summed E-state index contributed by atoms with van der Waals surface area (Å²) in [5, 5.41) is 0. The molecule has 0 heterocycles. The minimum atomic E-state index is -0.377. The Balaban J connectivity index is 3.50. The standard InChI is InChI=1S/C8H12O2/c1-6(2)5-10-8(9)7(3)4/h1,6H,3,5H2,2,4H3. The minimum Gasteiger partial charge on any atom is -0.462 e. The van der Waals surface area contributed by atoms with E-state index in [2.05, 4.69) is 6.58 Å². The number of rotatable bonds is 3. The summed E-state index contributed by atoms with van der Waals surface area (Å²) in [6, 6.07) is 0. The van der Waals surface area contributed by atoms with E-state index in [0.29, 0.717) is 5.57 Å². The molecule has 2 heteroatoms. The van der Waals surface area contributed by atoms with Crippen molar-refractivity contribution in [2.75, 3.05) is 6.61 Å². The van der Waals surface area contributed by atoms with Crippen molar-refractivity contribution in [2.24, 2.45) is 5.92 Å². The van der Waals surface area contributed by atoms with E-state index in [-0.39, 0.29) is 18.5 Å². The van der Waals surface area contributed by atoms with Crippen LogP contribution in [0.4, 0.5) is 0 Å². The van der Waals surface area contributed by atoms with Crippen LogP contribution >= 0.6 is 0 Å². The van der Waals surface area contributed by atoms with E-state index in [4.69, 9.17) is 11.7 Å². The van der Waals surface area contributed by atoms with Crippen LogP contribution in [0.5, 0.6) is 0 Å². The molecule has 1 atom stereocenters. The molecule has 10 heavy (non-hydrogen) atoms. The van der Waals surface area contributed by atoms with Gasteiger partial charge < -0.3 is 4.74 Å². The van der Waals surface area contributed by atoms with Crippen molar-refractivity contribution < 1.29 is 9.53 Å². The third-order valence-electron chi connectivity index (χ3n) is 0.826. The lowest BCUT2D eigenvalue weighted by atomic mass is 10.2. The molecule has 0 saturated carbocycles. The number of carbonyl (C=O) groups excluding carboxylic acids is 1. The van der Waals surface area contributed by atoms with Gasteiger partial charge in [0, 0.05) is 5.57 Å². The van der Waals surface area contributed by atoms with Crippen LogP contribution in [-0.2, 0) is 9.53 Å². The Morgan fingerprint density at radius 2 is 2.30 bits per heavy atom. The van der Waals surface area contributed by atoms with E-state index >= 15 is 0 Å². The van der Waals surface area contributed by atoms with Gasteiger partial charge in [0.1, 0.15) is 0 Å². The SMILES string of the molecule is [CH]C(C)COC(=O)C(=C)C. The van der Waals surface area contributed by atoms with E-state index in [1.165, 1.54) is 0 Å². The van der Waals surface area contributed by atoms with Crippen molar-refractivity contribution in [1.29, 1.82) is 0 Å². The summed E-state index contributed by atoms with van der Waals surface area (Å²) in [6.45, 7) is 12.4. The number of carbonyl (C=O) groups is 1. The average Bonchev–Trinajstić information content (AvgIpc) is 1.82. The molecule has 0 bridgehead atoms. The zero-order valence-electron chi connectivity index (χ0n) is 6.39. The fourth-order valence-electron chi connectivity index (χ4n) is 0.330. The Morgan fingerprint density at radius 1 is 1.80 bits per heavy atom. The Kier molecular flexibility index (Phi) is 3.77. The second-order valence-corrected chi connectivity index (χ2v) is 2.36. The molecule has 56 valence electrons. The molecular formula is C8H12O2. The summed E-state index contributed by atoms with van der Waals surface area (Å²) in [7, 11) is 0. The summed E-state index contributed by atoms with van der Waals surface area (Å²) < 4.78 is 4.70. The van der Waals surface area contributed by atoms with Crippen LogP contribution in [0.1, 0.15) is 13.8 Å². The largest absolute Gasteiger partial charge is 0.462 e. The van der Waals surface area contributed by atoms with Crippen molar-refractivity contribution in [2.45, 2.75) is 13.8 Å². The van der Waals surface area contributed by atoms with E-state index in [1.807, 2.05) is 0 Å². The first-order chi connectivity index (χ1) is 4.54. The monoisotopic (exact) mass is 140 g/mol. The number of esters is 1. The van der Waals surface area contributed by atoms with Gasteiger partial charge in [0.25, 0.3) is 0 Å². The van der Waals surface area contributed by atoms with Gasteiger partial charge in [-0.3, -0.25) is 0 Å². The average molecular weight is 140 g/mol. The first kappa shape index (κ1) is 9.21. The molecule has 1 unspecified atom stereocenters. The fraction of sp³-hybridized carbons (Fsp3) is 0.500. The van der Waals surface area contributed by atoms with Crippen molar-refractivity contribution in [1.82, 2.24) is 0 Å². The second kappa shape index (κ2) is 4.09. The molecule has 0 aliphatic carbocycles. The molecule has 0 aromatic rings. The molecule has 0 N–H and O–H groups in total. The van der Waals surface area contributed by atoms with Crippen LogP contribution in [-0.4, -0.2) is 12.6 Å². The summed E-state index contributed by atoms with van der Waals surface area (Å²) in [4.78, 5) is 10.7. The lowest BCUT2D eigenvalue weighted by Gasteiger charge is -2.05. The Hall–Kier alpha value is -0.790. The molecule has 0 aromatic heterocycles. The maximum atomic E-state index is 10.7. The molecule has 0 amide bonds. The van der Waals surface area contributed by atoms with E-state index < -0.39 is 0 Å². The van der Waals surface area contributed by atoms with Gasteiger partial charge in [-0.1, -0.05) is 13.5 Å². The van der Waals surface area contributed by atoms with Crippen molar-refractivity contribution in [3.05, 3.63) is 19.1 Å². The highest BCUT2D eigenvalue weighted by molar-refractivity contribution is 5.86. The van der Waals surface area contributed by atoms with Crippen molar-refractivity contribution in [3.8, 4) is 0 Å². The molecule has 2 radical (unpaired) electrons. The fourth-order valence-corrected chi connectivity index (χ4v) is 0.330. The van der Waals surface area contributed by atoms with Gasteiger partial charge in [0.05, 0.1) is 6.61 Å². The van der Waals surface area contributed by atoms with Crippen LogP contribution in [0, 0.1) is 12.8 Å². The summed E-state index contributed by atoms with van der Waals surface area (Å²) in [6.07, 6.45) is 0. The van der Waals surface area contributed by atoms with Gasteiger partial charge in [0.15, 0.2) is 0 Å². The molecule has 0 aromatic carbocycles. The van der Waals surface area contributed by atoms with Gasteiger partial charge in [-0.25, -0.2) is 4.79 Å². The smallest absolute Gasteiger partial charge is 0.333 e. The summed E-state index contributed by atoms with van der Waals surface area (Å²) in [5.74, 6) is -0.486. The zero-order chi connectivity index (χ0) is 8.15. The Morgan fingerprint density at radius 3 is 2.60 bits per heavy atom.